The molecule has 0 unspecified atom stereocenters. The molecular weight excluding hydrogens is 459 g/mol. The SMILES string of the molecule is CC(=O)SCC(=O)[C@@]12OC(C)(C)O[C@@H]1C[C@H]1[C@@H]3CCC4=CC(=O)C=C[C@]4(C)[C@@]3(F)[C@@H](O)C[C@@]12C. The van der Waals surface area contributed by atoms with Crippen LogP contribution in [-0.2, 0) is 23.9 Å². The molecule has 0 aromatic rings. The Morgan fingerprint density at radius 3 is 2.62 bits per heavy atom. The number of allylic oxidation sites excluding steroid dienone is 4. The average Bonchev–Trinajstić information content (AvgIpc) is 3.14. The number of halogens is 1. The molecule has 6 nitrogen and oxygen atoms in total. The largest absolute Gasteiger partial charge is 0.390 e. The molecule has 5 rings (SSSR count). The summed E-state index contributed by atoms with van der Waals surface area (Å²) < 4.78 is 30.0. The van der Waals surface area contributed by atoms with Crippen LogP contribution < -0.4 is 0 Å². The number of thioether (sulfide) groups is 1. The van der Waals surface area contributed by atoms with Crippen molar-refractivity contribution in [2.24, 2.45) is 22.7 Å². The van der Waals surface area contributed by atoms with E-state index in [1.165, 1.54) is 19.1 Å². The van der Waals surface area contributed by atoms with Gasteiger partial charge in [0, 0.05) is 23.7 Å². The molecule has 4 aliphatic carbocycles. The number of aliphatic hydroxyl groups is 1. The second-order valence-electron chi connectivity index (χ2n) is 11.5. The van der Waals surface area contributed by atoms with Gasteiger partial charge in [0.1, 0.15) is 0 Å². The predicted octanol–water partition coefficient (Wildman–Crippen LogP) is 3.71. The first-order chi connectivity index (χ1) is 15.7. The van der Waals surface area contributed by atoms with Crippen molar-refractivity contribution in [3.63, 3.8) is 0 Å². The molecule has 1 heterocycles. The van der Waals surface area contributed by atoms with Crippen LogP contribution in [0.25, 0.3) is 0 Å². The van der Waals surface area contributed by atoms with Crippen LogP contribution in [0.1, 0.15) is 60.3 Å². The maximum Gasteiger partial charge on any atom is 0.186 e. The van der Waals surface area contributed by atoms with Gasteiger partial charge in [0.2, 0.25) is 0 Å². The van der Waals surface area contributed by atoms with E-state index in [4.69, 9.17) is 9.47 Å². The molecule has 3 saturated carbocycles. The van der Waals surface area contributed by atoms with Gasteiger partial charge in [-0.3, -0.25) is 14.4 Å². The Bertz CT molecular complexity index is 1040. The van der Waals surface area contributed by atoms with Crippen molar-refractivity contribution in [2.45, 2.75) is 89.6 Å². The minimum Gasteiger partial charge on any atom is -0.390 e. The van der Waals surface area contributed by atoms with Crippen molar-refractivity contribution in [3.05, 3.63) is 23.8 Å². The monoisotopic (exact) mass is 492 g/mol. The van der Waals surface area contributed by atoms with Crippen molar-refractivity contribution in [1.29, 1.82) is 0 Å². The fourth-order valence-electron chi connectivity index (χ4n) is 8.08. The number of ether oxygens (including phenoxy) is 2. The third kappa shape index (κ3) is 2.88. The highest BCUT2D eigenvalue weighted by atomic mass is 32.2. The summed E-state index contributed by atoms with van der Waals surface area (Å²) in [5.74, 6) is -2.25. The predicted molar refractivity (Wildman–Crippen MR) is 125 cm³/mol. The number of rotatable bonds is 3. The van der Waals surface area contributed by atoms with E-state index in [9.17, 15) is 19.5 Å². The number of hydrogen-bond acceptors (Lipinski definition) is 7. The van der Waals surface area contributed by atoms with Crippen molar-refractivity contribution < 1.29 is 33.4 Å². The average molecular weight is 493 g/mol. The Labute approximate surface area is 203 Å². The molecule has 8 heteroatoms. The molecule has 1 aliphatic heterocycles. The summed E-state index contributed by atoms with van der Waals surface area (Å²) in [5, 5.41) is 11.4. The van der Waals surface area contributed by atoms with E-state index >= 15 is 4.39 Å². The summed E-state index contributed by atoms with van der Waals surface area (Å²) in [7, 11) is 0. The van der Waals surface area contributed by atoms with Gasteiger partial charge in [0.05, 0.1) is 18.0 Å². The van der Waals surface area contributed by atoms with E-state index in [2.05, 4.69) is 0 Å². The topological polar surface area (TPSA) is 89.9 Å². The standard InChI is InChI=1S/C26H33FO6S/c1-14(28)34-13-20(31)26-21(32-22(2,3)33-26)11-18-17-7-6-15-10-16(29)8-9-23(15,4)25(17,27)19(30)12-24(18,26)5/h8-10,17-19,21,30H,6-7,11-13H2,1-5H3/t17-,18-,19-,21+,23-,24-,25-,26+/m0/s1. The Balaban J connectivity index is 1.60. The molecule has 0 bridgehead atoms. The van der Waals surface area contributed by atoms with Gasteiger partial charge in [-0.15, -0.1) is 0 Å². The number of Topliss-reactive ketones (excluding diaryl/α,β-unsaturated/α-hetero) is 1. The highest BCUT2D eigenvalue weighted by Gasteiger charge is 2.79. The molecule has 1 N–H and O–H groups in total. The summed E-state index contributed by atoms with van der Waals surface area (Å²) in [6.45, 7) is 8.64. The smallest absolute Gasteiger partial charge is 0.186 e. The summed E-state index contributed by atoms with van der Waals surface area (Å²) in [5.41, 5.74) is -4.58. The zero-order valence-electron chi connectivity index (χ0n) is 20.4. The third-order valence-corrected chi connectivity index (χ3v) is 10.3. The second-order valence-corrected chi connectivity index (χ2v) is 12.7. The van der Waals surface area contributed by atoms with Crippen LogP contribution in [0, 0.1) is 22.7 Å². The quantitative estimate of drug-likeness (QED) is 0.642. The Hall–Kier alpha value is -1.35. The molecule has 4 fully saturated rings. The van der Waals surface area contributed by atoms with Gasteiger partial charge < -0.3 is 14.6 Å². The molecule has 0 amide bonds. The van der Waals surface area contributed by atoms with E-state index in [0.717, 1.165) is 17.3 Å². The molecular formula is C26H33FO6S. The molecule has 186 valence electrons. The van der Waals surface area contributed by atoms with E-state index in [0.29, 0.717) is 19.3 Å². The van der Waals surface area contributed by atoms with Gasteiger partial charge in [-0.1, -0.05) is 30.3 Å². The van der Waals surface area contributed by atoms with E-state index < -0.39 is 46.0 Å². The van der Waals surface area contributed by atoms with Gasteiger partial charge >= 0.3 is 0 Å². The molecule has 1 saturated heterocycles. The summed E-state index contributed by atoms with van der Waals surface area (Å²) in [6, 6.07) is 0. The first kappa shape index (κ1) is 24.3. The number of carbonyl (C=O) groups excluding carboxylic acids is 3. The van der Waals surface area contributed by atoms with Gasteiger partial charge in [0.25, 0.3) is 0 Å². The second kappa shape index (κ2) is 7.34. The Kier molecular flexibility index (Phi) is 5.26. The van der Waals surface area contributed by atoms with Crippen LogP contribution in [0.5, 0.6) is 0 Å². The van der Waals surface area contributed by atoms with E-state index in [1.807, 2.05) is 6.92 Å². The summed E-state index contributed by atoms with van der Waals surface area (Å²) in [6.07, 6.45) is 4.09. The Morgan fingerprint density at radius 2 is 1.94 bits per heavy atom. The molecule has 0 aromatic heterocycles. The van der Waals surface area contributed by atoms with Crippen LogP contribution in [0.2, 0.25) is 0 Å². The number of alkyl halides is 1. The van der Waals surface area contributed by atoms with Crippen LogP contribution >= 0.6 is 11.8 Å². The maximum absolute atomic E-state index is 17.3. The van der Waals surface area contributed by atoms with Crippen molar-refractivity contribution in [3.8, 4) is 0 Å². The fraction of sp³-hybridized carbons (Fsp3) is 0.731. The number of fused-ring (bicyclic) bond motifs is 7. The van der Waals surface area contributed by atoms with Gasteiger partial charge in [0.15, 0.2) is 33.7 Å². The first-order valence-corrected chi connectivity index (χ1v) is 13.1. The van der Waals surface area contributed by atoms with Crippen molar-refractivity contribution in [2.75, 3.05) is 5.75 Å². The van der Waals surface area contributed by atoms with E-state index in [-0.39, 0.29) is 34.8 Å². The number of carbonyl (C=O) groups is 3. The lowest BCUT2D eigenvalue weighted by Crippen LogP contribution is -2.69. The van der Waals surface area contributed by atoms with Crippen LogP contribution in [0.3, 0.4) is 0 Å². The molecule has 0 spiro atoms. The lowest BCUT2D eigenvalue weighted by Gasteiger charge is -2.62. The Morgan fingerprint density at radius 1 is 1.24 bits per heavy atom. The number of hydrogen-bond donors (Lipinski definition) is 1. The van der Waals surface area contributed by atoms with Gasteiger partial charge in [-0.05, 0) is 64.5 Å². The zero-order chi connectivity index (χ0) is 24.9. The fourth-order valence-corrected chi connectivity index (χ4v) is 8.63. The number of aliphatic hydroxyl groups excluding tert-OH is 1. The minimum atomic E-state index is -1.98. The highest BCUT2D eigenvalue weighted by molar-refractivity contribution is 8.14. The van der Waals surface area contributed by atoms with Crippen molar-refractivity contribution >= 4 is 28.4 Å². The molecule has 5 aliphatic rings. The third-order valence-electron chi connectivity index (χ3n) is 9.45. The lowest BCUT2D eigenvalue weighted by molar-refractivity contribution is -0.245. The first-order valence-electron chi connectivity index (χ1n) is 12.1. The van der Waals surface area contributed by atoms with Crippen LogP contribution in [-0.4, -0.2) is 56.8 Å². The van der Waals surface area contributed by atoms with Gasteiger partial charge in [-0.2, -0.15) is 0 Å². The van der Waals surface area contributed by atoms with Crippen molar-refractivity contribution in [1.82, 2.24) is 0 Å². The maximum atomic E-state index is 17.3. The minimum absolute atomic E-state index is 0.0295. The van der Waals surface area contributed by atoms with Crippen LogP contribution in [0.15, 0.2) is 23.8 Å². The molecule has 0 aromatic carbocycles. The summed E-state index contributed by atoms with van der Waals surface area (Å²) >= 11 is 0.936. The van der Waals surface area contributed by atoms with Gasteiger partial charge in [-0.25, -0.2) is 4.39 Å². The molecule has 8 atom stereocenters. The zero-order valence-corrected chi connectivity index (χ0v) is 21.2. The highest BCUT2D eigenvalue weighted by Crippen LogP contribution is 2.72. The van der Waals surface area contributed by atoms with E-state index in [1.54, 1.807) is 26.8 Å². The molecule has 34 heavy (non-hydrogen) atoms. The normalized spacial score (nSPS) is 48.4. The molecule has 0 radical (unpaired) electrons. The number of ketones is 2. The van der Waals surface area contributed by atoms with Crippen LogP contribution in [0.4, 0.5) is 4.39 Å². The summed E-state index contributed by atoms with van der Waals surface area (Å²) in [4.78, 5) is 37.4. The lowest BCUT2D eigenvalue weighted by atomic mass is 9.44.